The Balaban J connectivity index is 1.45. The first-order valence-corrected chi connectivity index (χ1v) is 10.9. The van der Waals surface area contributed by atoms with E-state index in [0.717, 1.165) is 23.8 Å². The molecule has 2 aliphatic rings. The van der Waals surface area contributed by atoms with Crippen LogP contribution in [0.5, 0.6) is 0 Å². The highest BCUT2D eigenvalue weighted by molar-refractivity contribution is 7.90. The standard InChI is InChI=1S/C15H19N3O2S3/c1-11-16-13(10-22-11)7-18-6-12-5-17(8-14-3-2-4-21-14)9-15(12)23(18,19)20/h2-4,10,12,15H,5-9H2,1H3/t12-,15+/m0/s1. The van der Waals surface area contributed by atoms with Crippen LogP contribution in [0.2, 0.25) is 0 Å². The van der Waals surface area contributed by atoms with Gasteiger partial charge in [0.05, 0.1) is 22.5 Å². The second-order valence-corrected chi connectivity index (χ2v) is 10.5. The number of hydrogen-bond acceptors (Lipinski definition) is 6. The summed E-state index contributed by atoms with van der Waals surface area (Å²) in [6.07, 6.45) is 0. The molecule has 2 aliphatic heterocycles. The monoisotopic (exact) mass is 369 g/mol. The van der Waals surface area contributed by atoms with Crippen molar-refractivity contribution in [2.75, 3.05) is 19.6 Å². The van der Waals surface area contributed by atoms with E-state index in [0.29, 0.717) is 19.6 Å². The van der Waals surface area contributed by atoms with Crippen LogP contribution in [-0.4, -0.2) is 47.5 Å². The van der Waals surface area contributed by atoms with Crippen LogP contribution in [0.3, 0.4) is 0 Å². The van der Waals surface area contributed by atoms with Gasteiger partial charge in [-0.15, -0.1) is 22.7 Å². The molecule has 0 aromatic carbocycles. The van der Waals surface area contributed by atoms with Gasteiger partial charge in [0.25, 0.3) is 0 Å². The normalized spacial score (nSPS) is 27.5. The Bertz CT molecular complexity index is 785. The molecule has 2 aromatic rings. The molecule has 0 aliphatic carbocycles. The van der Waals surface area contributed by atoms with Crippen LogP contribution in [0.1, 0.15) is 15.6 Å². The first kappa shape index (κ1) is 15.7. The van der Waals surface area contributed by atoms with Crippen molar-refractivity contribution in [1.82, 2.24) is 14.2 Å². The van der Waals surface area contributed by atoms with Gasteiger partial charge in [0.15, 0.2) is 0 Å². The molecule has 0 radical (unpaired) electrons. The Labute approximate surface area is 144 Å². The Morgan fingerprint density at radius 1 is 1.26 bits per heavy atom. The first-order valence-electron chi connectivity index (χ1n) is 7.67. The Morgan fingerprint density at radius 3 is 2.78 bits per heavy atom. The summed E-state index contributed by atoms with van der Waals surface area (Å²) in [7, 11) is -3.21. The Morgan fingerprint density at radius 2 is 2.13 bits per heavy atom. The van der Waals surface area contributed by atoms with Crippen LogP contribution in [0, 0.1) is 12.8 Å². The summed E-state index contributed by atoms with van der Waals surface area (Å²) in [6, 6.07) is 4.16. The third kappa shape index (κ3) is 2.98. The molecule has 2 fully saturated rings. The van der Waals surface area contributed by atoms with Gasteiger partial charge in [-0.25, -0.2) is 13.4 Å². The van der Waals surface area contributed by atoms with Gasteiger partial charge in [0.2, 0.25) is 10.0 Å². The topological polar surface area (TPSA) is 53.5 Å². The minimum absolute atomic E-state index is 0.222. The molecule has 0 unspecified atom stereocenters. The lowest BCUT2D eigenvalue weighted by atomic mass is 10.1. The van der Waals surface area contributed by atoms with E-state index in [1.54, 1.807) is 27.0 Å². The lowest BCUT2D eigenvalue weighted by Gasteiger charge is -2.20. The molecule has 0 spiro atoms. The van der Waals surface area contributed by atoms with Crippen LogP contribution in [-0.2, 0) is 23.1 Å². The number of hydrogen-bond donors (Lipinski definition) is 0. The van der Waals surface area contributed by atoms with Crippen LogP contribution in [0.25, 0.3) is 0 Å². The second-order valence-electron chi connectivity index (χ2n) is 6.27. The summed E-state index contributed by atoms with van der Waals surface area (Å²) in [4.78, 5) is 7.99. The number of nitrogens with zero attached hydrogens (tertiary/aromatic N) is 3. The highest BCUT2D eigenvalue weighted by Gasteiger charge is 2.50. The molecule has 0 saturated carbocycles. The smallest absolute Gasteiger partial charge is 0.218 e. The van der Waals surface area contributed by atoms with Gasteiger partial charge in [-0.05, 0) is 18.4 Å². The van der Waals surface area contributed by atoms with Crippen molar-refractivity contribution in [2.24, 2.45) is 5.92 Å². The maximum Gasteiger partial charge on any atom is 0.218 e. The molecule has 5 nitrogen and oxygen atoms in total. The molecule has 8 heteroatoms. The number of likely N-dealkylation sites (tertiary alicyclic amines) is 1. The van der Waals surface area contributed by atoms with Crippen molar-refractivity contribution in [3.05, 3.63) is 38.5 Å². The summed E-state index contributed by atoms with van der Waals surface area (Å²) in [5.74, 6) is 0.222. The van der Waals surface area contributed by atoms with Gasteiger partial charge < -0.3 is 0 Å². The zero-order valence-electron chi connectivity index (χ0n) is 12.9. The lowest BCUT2D eigenvalue weighted by molar-refractivity contribution is 0.296. The molecule has 0 bridgehead atoms. The second kappa shape index (κ2) is 5.93. The van der Waals surface area contributed by atoms with E-state index >= 15 is 0 Å². The van der Waals surface area contributed by atoms with Crippen LogP contribution in [0.4, 0.5) is 0 Å². The van der Waals surface area contributed by atoms with E-state index < -0.39 is 10.0 Å². The minimum Gasteiger partial charge on any atom is -0.297 e. The summed E-state index contributed by atoms with van der Waals surface area (Å²) in [5.41, 5.74) is 0.867. The Kier molecular flexibility index (Phi) is 4.05. The molecule has 2 saturated heterocycles. The Hall–Kier alpha value is -0.800. The van der Waals surface area contributed by atoms with Crippen molar-refractivity contribution in [3.63, 3.8) is 0 Å². The van der Waals surface area contributed by atoms with E-state index in [-0.39, 0.29) is 11.2 Å². The zero-order valence-corrected chi connectivity index (χ0v) is 15.3. The van der Waals surface area contributed by atoms with E-state index in [1.807, 2.05) is 18.4 Å². The van der Waals surface area contributed by atoms with Crippen molar-refractivity contribution >= 4 is 32.7 Å². The quantitative estimate of drug-likeness (QED) is 0.829. The summed E-state index contributed by atoms with van der Waals surface area (Å²) >= 11 is 3.31. The van der Waals surface area contributed by atoms with E-state index in [4.69, 9.17) is 0 Å². The molecule has 0 amide bonds. The molecule has 0 N–H and O–H groups in total. The first-order chi connectivity index (χ1) is 11.0. The molecule has 4 rings (SSSR count). The number of rotatable bonds is 4. The van der Waals surface area contributed by atoms with Crippen molar-refractivity contribution in [1.29, 1.82) is 0 Å². The SMILES string of the molecule is Cc1nc(CN2C[C@@H]3CN(Cc4cccs4)C[C@H]3S2(=O)=O)cs1. The van der Waals surface area contributed by atoms with Gasteiger partial charge in [-0.3, -0.25) is 4.90 Å². The van der Waals surface area contributed by atoms with Gasteiger partial charge in [0, 0.05) is 42.4 Å². The summed E-state index contributed by atoms with van der Waals surface area (Å²) in [5, 5.41) is 4.77. The highest BCUT2D eigenvalue weighted by atomic mass is 32.2. The van der Waals surface area contributed by atoms with Crippen molar-refractivity contribution in [2.45, 2.75) is 25.3 Å². The maximum atomic E-state index is 12.8. The van der Waals surface area contributed by atoms with Gasteiger partial charge in [-0.1, -0.05) is 6.07 Å². The highest BCUT2D eigenvalue weighted by Crippen LogP contribution is 2.35. The fourth-order valence-corrected chi connectivity index (χ4v) is 7.07. The number of aromatic nitrogens is 1. The van der Waals surface area contributed by atoms with Crippen LogP contribution in [0.15, 0.2) is 22.9 Å². The average molecular weight is 370 g/mol. The van der Waals surface area contributed by atoms with E-state index in [1.165, 1.54) is 4.88 Å². The lowest BCUT2D eigenvalue weighted by Crippen LogP contribution is -2.34. The van der Waals surface area contributed by atoms with Crippen LogP contribution < -0.4 is 0 Å². The average Bonchev–Trinajstić information content (AvgIpc) is 3.23. The molecule has 2 aromatic heterocycles. The van der Waals surface area contributed by atoms with Crippen LogP contribution >= 0.6 is 22.7 Å². The number of sulfonamides is 1. The van der Waals surface area contributed by atoms with Crippen molar-refractivity contribution in [3.8, 4) is 0 Å². The molecule has 2 atom stereocenters. The molecule has 124 valence electrons. The molecular weight excluding hydrogens is 350 g/mol. The molecule has 4 heterocycles. The van der Waals surface area contributed by atoms with E-state index in [9.17, 15) is 8.42 Å². The van der Waals surface area contributed by atoms with Gasteiger partial charge in [-0.2, -0.15) is 4.31 Å². The maximum absolute atomic E-state index is 12.8. The number of fused-ring (bicyclic) bond motifs is 1. The third-order valence-electron chi connectivity index (χ3n) is 4.60. The largest absolute Gasteiger partial charge is 0.297 e. The summed E-state index contributed by atoms with van der Waals surface area (Å²) < 4.78 is 27.3. The fraction of sp³-hybridized carbons (Fsp3) is 0.533. The number of thiazole rings is 1. The molecule has 23 heavy (non-hydrogen) atoms. The zero-order chi connectivity index (χ0) is 16.0. The van der Waals surface area contributed by atoms with Gasteiger partial charge >= 0.3 is 0 Å². The summed E-state index contributed by atoms with van der Waals surface area (Å²) in [6.45, 7) is 5.39. The fourth-order valence-electron chi connectivity index (χ4n) is 3.57. The predicted octanol–water partition coefficient (Wildman–Crippen LogP) is 2.16. The van der Waals surface area contributed by atoms with E-state index in [2.05, 4.69) is 21.3 Å². The number of thiophene rings is 1. The van der Waals surface area contributed by atoms with Crippen molar-refractivity contribution < 1.29 is 8.42 Å². The number of aryl methyl sites for hydroxylation is 1. The minimum atomic E-state index is -3.21. The van der Waals surface area contributed by atoms with Gasteiger partial charge in [0.1, 0.15) is 0 Å². The third-order valence-corrected chi connectivity index (χ3v) is 8.58. The molecular formula is C15H19N3O2S3. The predicted molar refractivity (Wildman–Crippen MR) is 93.1 cm³/mol.